The number of hydrogen-bond donors (Lipinski definition) is 1. The third kappa shape index (κ3) is 4.37. The first-order valence-electron chi connectivity index (χ1n) is 9.34. The van der Waals surface area contributed by atoms with Gasteiger partial charge in [0.1, 0.15) is 11.6 Å². The van der Waals surface area contributed by atoms with Gasteiger partial charge >= 0.3 is 5.97 Å². The molecule has 3 rings (SSSR count). The summed E-state index contributed by atoms with van der Waals surface area (Å²) in [6.07, 6.45) is -0.229. The van der Waals surface area contributed by atoms with E-state index in [4.69, 9.17) is 4.74 Å². The van der Waals surface area contributed by atoms with Crippen LogP contribution >= 0.6 is 0 Å². The van der Waals surface area contributed by atoms with E-state index in [2.05, 4.69) is 5.32 Å². The summed E-state index contributed by atoms with van der Waals surface area (Å²) in [5, 5.41) is 2.96. The minimum Gasteiger partial charge on any atom is -0.463 e. The standard InChI is InChI=1S/C22H20F2N2O4/c1-3-30-22(29)20(13(2)25-16-8-4-14(23)5-9-16)18-12-19(27)26(21(18)28)17-10-6-15(24)7-11-17/h4-11,18,25H,3,12H2,1-2H3/b20-13-/t18-/m1/s1. The molecule has 1 heterocycles. The fourth-order valence-corrected chi connectivity index (χ4v) is 3.30. The summed E-state index contributed by atoms with van der Waals surface area (Å²) in [5.41, 5.74) is 1.06. The summed E-state index contributed by atoms with van der Waals surface area (Å²) in [4.78, 5) is 39.2. The van der Waals surface area contributed by atoms with Crippen LogP contribution in [-0.2, 0) is 19.1 Å². The van der Waals surface area contributed by atoms with Crippen molar-refractivity contribution in [1.82, 2.24) is 0 Å². The first-order chi connectivity index (χ1) is 14.3. The largest absolute Gasteiger partial charge is 0.463 e. The molecule has 2 aromatic carbocycles. The lowest BCUT2D eigenvalue weighted by Crippen LogP contribution is -2.32. The number of halogens is 2. The predicted octanol–water partition coefficient (Wildman–Crippen LogP) is 3.79. The fraction of sp³-hybridized carbons (Fsp3) is 0.227. The highest BCUT2D eigenvalue weighted by molar-refractivity contribution is 6.23. The molecular formula is C22H20F2N2O4. The van der Waals surface area contributed by atoms with Gasteiger partial charge in [0.05, 0.1) is 23.8 Å². The summed E-state index contributed by atoms with van der Waals surface area (Å²) < 4.78 is 31.5. The van der Waals surface area contributed by atoms with Crippen molar-refractivity contribution in [2.24, 2.45) is 5.92 Å². The van der Waals surface area contributed by atoms with Gasteiger partial charge < -0.3 is 10.1 Å². The monoisotopic (exact) mass is 414 g/mol. The van der Waals surface area contributed by atoms with Crippen LogP contribution < -0.4 is 10.2 Å². The number of hydrogen-bond acceptors (Lipinski definition) is 5. The van der Waals surface area contributed by atoms with Crippen LogP contribution in [-0.4, -0.2) is 24.4 Å². The molecule has 156 valence electrons. The third-order valence-electron chi connectivity index (χ3n) is 4.66. The molecule has 1 atom stereocenters. The maximum Gasteiger partial charge on any atom is 0.336 e. The van der Waals surface area contributed by atoms with Crippen LogP contribution in [0.15, 0.2) is 59.8 Å². The molecule has 8 heteroatoms. The molecule has 1 fully saturated rings. The summed E-state index contributed by atoms with van der Waals surface area (Å²) >= 11 is 0. The van der Waals surface area contributed by atoms with E-state index in [1.165, 1.54) is 36.4 Å². The maximum atomic E-state index is 13.2. The Hall–Kier alpha value is -3.55. The van der Waals surface area contributed by atoms with E-state index >= 15 is 0 Å². The Bertz CT molecular complexity index is 1000. The Labute approximate surface area is 172 Å². The van der Waals surface area contributed by atoms with Gasteiger partial charge in [-0.15, -0.1) is 0 Å². The van der Waals surface area contributed by atoms with E-state index < -0.39 is 35.3 Å². The molecular weight excluding hydrogens is 394 g/mol. The molecule has 2 amide bonds. The van der Waals surface area contributed by atoms with Gasteiger partial charge in [-0.3, -0.25) is 9.59 Å². The number of imide groups is 1. The van der Waals surface area contributed by atoms with Crippen molar-refractivity contribution in [3.05, 3.63) is 71.4 Å². The van der Waals surface area contributed by atoms with Crippen molar-refractivity contribution in [3.8, 4) is 0 Å². The van der Waals surface area contributed by atoms with Crippen LogP contribution in [0.3, 0.4) is 0 Å². The van der Waals surface area contributed by atoms with Gasteiger partial charge in [-0.2, -0.15) is 0 Å². The normalized spacial score (nSPS) is 17.1. The number of ether oxygens (including phenoxy) is 1. The minimum absolute atomic E-state index is 0.0177. The lowest BCUT2D eigenvalue weighted by atomic mass is 9.95. The average molecular weight is 414 g/mol. The summed E-state index contributed by atoms with van der Waals surface area (Å²) in [5.74, 6) is -3.81. The SMILES string of the molecule is CCOC(=O)/C(=C(/C)Nc1ccc(F)cc1)[C@H]1CC(=O)N(c2ccc(F)cc2)C1=O. The van der Waals surface area contributed by atoms with Crippen LogP contribution in [0.5, 0.6) is 0 Å². The quantitative estimate of drug-likeness (QED) is 0.442. The smallest absolute Gasteiger partial charge is 0.336 e. The van der Waals surface area contributed by atoms with Crippen molar-refractivity contribution >= 4 is 29.2 Å². The molecule has 0 saturated carbocycles. The second kappa shape index (κ2) is 8.86. The first kappa shape index (κ1) is 21.2. The lowest BCUT2D eigenvalue weighted by molar-refractivity contribution is -0.140. The number of anilines is 2. The molecule has 0 aliphatic carbocycles. The Morgan fingerprint density at radius 2 is 1.63 bits per heavy atom. The van der Waals surface area contributed by atoms with Crippen molar-refractivity contribution in [2.75, 3.05) is 16.8 Å². The van der Waals surface area contributed by atoms with E-state index in [0.29, 0.717) is 11.4 Å². The lowest BCUT2D eigenvalue weighted by Gasteiger charge is -2.18. The summed E-state index contributed by atoms with van der Waals surface area (Å²) in [6, 6.07) is 10.4. The molecule has 0 unspecified atom stereocenters. The van der Waals surface area contributed by atoms with Crippen molar-refractivity contribution in [3.63, 3.8) is 0 Å². The van der Waals surface area contributed by atoms with E-state index in [1.807, 2.05) is 0 Å². The molecule has 0 bridgehead atoms. The summed E-state index contributed by atoms with van der Waals surface area (Å²) in [7, 11) is 0. The van der Waals surface area contributed by atoms with Gasteiger partial charge in [0, 0.05) is 17.8 Å². The molecule has 1 aliphatic heterocycles. The number of rotatable bonds is 6. The molecule has 1 N–H and O–H groups in total. The van der Waals surface area contributed by atoms with E-state index in [1.54, 1.807) is 13.8 Å². The molecule has 30 heavy (non-hydrogen) atoms. The second-order valence-corrected chi connectivity index (χ2v) is 6.69. The Balaban J connectivity index is 1.96. The Morgan fingerprint density at radius 1 is 1.07 bits per heavy atom. The number of carbonyl (C=O) groups is 3. The molecule has 1 saturated heterocycles. The number of nitrogens with one attached hydrogen (secondary N) is 1. The average Bonchev–Trinajstić information content (AvgIpc) is 2.99. The van der Waals surface area contributed by atoms with Gasteiger partial charge in [0.25, 0.3) is 0 Å². The zero-order valence-electron chi connectivity index (χ0n) is 16.4. The zero-order chi connectivity index (χ0) is 21.8. The number of carbonyl (C=O) groups excluding carboxylic acids is 3. The van der Waals surface area contributed by atoms with Crippen LogP contribution in [0, 0.1) is 17.6 Å². The first-order valence-corrected chi connectivity index (χ1v) is 9.34. The highest BCUT2D eigenvalue weighted by atomic mass is 19.1. The maximum absolute atomic E-state index is 13.2. The van der Waals surface area contributed by atoms with Crippen LogP contribution in [0.4, 0.5) is 20.2 Å². The van der Waals surface area contributed by atoms with Gasteiger partial charge in [-0.25, -0.2) is 18.5 Å². The highest BCUT2D eigenvalue weighted by Gasteiger charge is 2.44. The van der Waals surface area contributed by atoms with Crippen LogP contribution in [0.2, 0.25) is 0 Å². The van der Waals surface area contributed by atoms with Crippen molar-refractivity contribution in [2.45, 2.75) is 20.3 Å². The van der Waals surface area contributed by atoms with Gasteiger partial charge in [0.2, 0.25) is 11.8 Å². The number of esters is 1. The highest BCUT2D eigenvalue weighted by Crippen LogP contribution is 2.33. The zero-order valence-corrected chi connectivity index (χ0v) is 16.4. The van der Waals surface area contributed by atoms with Gasteiger partial charge in [-0.1, -0.05) is 0 Å². The Morgan fingerprint density at radius 3 is 2.20 bits per heavy atom. The topological polar surface area (TPSA) is 75.7 Å². The predicted molar refractivity (Wildman–Crippen MR) is 106 cm³/mol. The Kier molecular flexibility index (Phi) is 6.25. The molecule has 0 radical (unpaired) electrons. The minimum atomic E-state index is -1.06. The fourth-order valence-electron chi connectivity index (χ4n) is 3.30. The molecule has 0 aromatic heterocycles. The van der Waals surface area contributed by atoms with Gasteiger partial charge in [-0.05, 0) is 62.4 Å². The molecule has 6 nitrogen and oxygen atoms in total. The molecule has 1 aliphatic rings. The van der Waals surface area contributed by atoms with Crippen LogP contribution in [0.25, 0.3) is 0 Å². The number of nitrogens with zero attached hydrogens (tertiary/aromatic N) is 1. The molecule has 2 aromatic rings. The van der Waals surface area contributed by atoms with E-state index in [9.17, 15) is 23.2 Å². The van der Waals surface area contributed by atoms with Crippen molar-refractivity contribution < 1.29 is 27.9 Å². The third-order valence-corrected chi connectivity index (χ3v) is 4.66. The van der Waals surface area contributed by atoms with E-state index in [0.717, 1.165) is 17.0 Å². The number of amides is 2. The molecule has 0 spiro atoms. The second-order valence-electron chi connectivity index (χ2n) is 6.69. The van der Waals surface area contributed by atoms with Crippen LogP contribution in [0.1, 0.15) is 20.3 Å². The number of allylic oxidation sites excluding steroid dienone is 1. The van der Waals surface area contributed by atoms with Gasteiger partial charge in [0.15, 0.2) is 0 Å². The summed E-state index contributed by atoms with van der Waals surface area (Å²) in [6.45, 7) is 3.29. The van der Waals surface area contributed by atoms with E-state index in [-0.39, 0.29) is 24.3 Å². The van der Waals surface area contributed by atoms with Crippen molar-refractivity contribution in [1.29, 1.82) is 0 Å². The number of benzene rings is 2.